The van der Waals surface area contributed by atoms with Gasteiger partial charge in [0.1, 0.15) is 0 Å². The number of aliphatic hydroxyl groups is 1. The molecular weight excluding hydrogens is 284 g/mol. The van der Waals surface area contributed by atoms with Crippen LogP contribution in [-0.2, 0) is 0 Å². The van der Waals surface area contributed by atoms with E-state index in [0.29, 0.717) is 5.56 Å². The van der Waals surface area contributed by atoms with Gasteiger partial charge in [0.25, 0.3) is 5.91 Å². The van der Waals surface area contributed by atoms with Crippen molar-refractivity contribution in [2.45, 2.75) is 68.4 Å². The van der Waals surface area contributed by atoms with Crippen LogP contribution in [0.5, 0.6) is 0 Å². The number of hydrogen-bond acceptors (Lipinski definition) is 4. The lowest BCUT2D eigenvalue weighted by atomic mass is 9.92. The van der Waals surface area contributed by atoms with Crippen LogP contribution in [0.2, 0.25) is 0 Å². The molecule has 0 aromatic carbocycles. The molecule has 1 heterocycles. The molecule has 0 aliphatic heterocycles. The van der Waals surface area contributed by atoms with Crippen molar-refractivity contribution in [3.8, 4) is 0 Å². The summed E-state index contributed by atoms with van der Waals surface area (Å²) < 4.78 is 0.0572. The van der Waals surface area contributed by atoms with Crippen LogP contribution in [0.4, 0.5) is 0 Å². The number of rotatable bonds is 3. The Balaban J connectivity index is 2.03. The number of carbonyl (C=O) groups excluding carboxylic acids is 1. The Kier molecular flexibility index (Phi) is 5.27. The average molecular weight is 308 g/mol. The van der Waals surface area contributed by atoms with Crippen LogP contribution in [0.1, 0.15) is 56.8 Å². The van der Waals surface area contributed by atoms with E-state index < -0.39 is 6.10 Å². The normalized spacial score (nSPS) is 22.9. The molecule has 2 N–H and O–H groups in total. The molecule has 0 spiro atoms. The number of amides is 1. The lowest BCUT2D eigenvalue weighted by molar-refractivity contribution is 0.0717. The second-order valence-electron chi connectivity index (χ2n) is 6.53. The van der Waals surface area contributed by atoms with E-state index >= 15 is 0 Å². The topological polar surface area (TPSA) is 62.2 Å². The van der Waals surface area contributed by atoms with Gasteiger partial charge in [-0.1, -0.05) is 33.6 Å². The van der Waals surface area contributed by atoms with Gasteiger partial charge in [0.2, 0.25) is 0 Å². The molecule has 4 nitrogen and oxygen atoms in total. The molecule has 2 unspecified atom stereocenters. The van der Waals surface area contributed by atoms with Crippen molar-refractivity contribution in [1.82, 2.24) is 10.3 Å². The second kappa shape index (κ2) is 6.79. The highest BCUT2D eigenvalue weighted by molar-refractivity contribution is 8.00. The van der Waals surface area contributed by atoms with Crippen molar-refractivity contribution in [1.29, 1.82) is 0 Å². The Morgan fingerprint density at radius 3 is 2.76 bits per heavy atom. The Labute approximate surface area is 130 Å². The molecule has 5 heteroatoms. The van der Waals surface area contributed by atoms with Crippen LogP contribution in [-0.4, -0.2) is 32.9 Å². The summed E-state index contributed by atoms with van der Waals surface area (Å²) in [7, 11) is 0. The minimum atomic E-state index is -0.423. The van der Waals surface area contributed by atoms with Gasteiger partial charge in [-0.25, -0.2) is 4.98 Å². The zero-order valence-corrected chi connectivity index (χ0v) is 13.7. The number of nitrogens with zero attached hydrogens (tertiary/aromatic N) is 1. The molecule has 2 atom stereocenters. The molecule has 1 saturated carbocycles. The third-order valence-electron chi connectivity index (χ3n) is 3.45. The summed E-state index contributed by atoms with van der Waals surface area (Å²) in [5.74, 6) is -0.126. The van der Waals surface area contributed by atoms with E-state index in [1.54, 1.807) is 24.0 Å². The summed E-state index contributed by atoms with van der Waals surface area (Å²) in [5.41, 5.74) is 0.606. The van der Waals surface area contributed by atoms with Crippen molar-refractivity contribution in [3.63, 3.8) is 0 Å². The summed E-state index contributed by atoms with van der Waals surface area (Å²) in [4.78, 5) is 16.6. The number of nitrogens with one attached hydrogen (secondary N) is 1. The number of carbonyl (C=O) groups is 1. The molecule has 1 fully saturated rings. The van der Waals surface area contributed by atoms with Gasteiger partial charge >= 0.3 is 0 Å². The fourth-order valence-corrected chi connectivity index (χ4v) is 3.38. The van der Waals surface area contributed by atoms with Crippen LogP contribution in [0, 0.1) is 0 Å². The molecule has 1 amide bonds. The van der Waals surface area contributed by atoms with Gasteiger partial charge in [-0.15, -0.1) is 11.8 Å². The van der Waals surface area contributed by atoms with Crippen LogP contribution in [0.25, 0.3) is 0 Å². The molecule has 2 rings (SSSR count). The molecule has 0 radical (unpaired) electrons. The summed E-state index contributed by atoms with van der Waals surface area (Å²) >= 11 is 1.64. The highest BCUT2D eigenvalue weighted by atomic mass is 32.2. The van der Waals surface area contributed by atoms with Crippen LogP contribution >= 0.6 is 11.8 Å². The first-order valence-corrected chi connectivity index (χ1v) is 8.31. The van der Waals surface area contributed by atoms with Crippen molar-refractivity contribution in [2.24, 2.45) is 0 Å². The van der Waals surface area contributed by atoms with E-state index in [4.69, 9.17) is 0 Å². The van der Waals surface area contributed by atoms with E-state index in [1.807, 2.05) is 6.07 Å². The van der Waals surface area contributed by atoms with Crippen molar-refractivity contribution < 1.29 is 9.90 Å². The molecule has 116 valence electrons. The standard InChI is InChI=1S/C16H24N2O2S/c1-16(2,3)21-14-10-11(8-9-17-14)15(20)18-12-6-4-5-7-13(12)19/h8-10,12-13,19H,4-7H2,1-3H3,(H,18,20). The van der Waals surface area contributed by atoms with Crippen LogP contribution in [0.15, 0.2) is 23.4 Å². The largest absolute Gasteiger partial charge is 0.391 e. The van der Waals surface area contributed by atoms with Gasteiger partial charge in [0, 0.05) is 16.5 Å². The average Bonchev–Trinajstić information content (AvgIpc) is 2.39. The lowest BCUT2D eigenvalue weighted by Crippen LogP contribution is -2.45. The van der Waals surface area contributed by atoms with Gasteiger partial charge in [-0.2, -0.15) is 0 Å². The van der Waals surface area contributed by atoms with E-state index in [0.717, 1.165) is 30.7 Å². The van der Waals surface area contributed by atoms with E-state index in [2.05, 4.69) is 31.1 Å². The molecule has 1 aliphatic rings. The van der Waals surface area contributed by atoms with Gasteiger partial charge in [-0.3, -0.25) is 4.79 Å². The van der Waals surface area contributed by atoms with Crippen molar-refractivity contribution in [3.05, 3.63) is 23.9 Å². The van der Waals surface area contributed by atoms with E-state index in [9.17, 15) is 9.90 Å². The summed E-state index contributed by atoms with van der Waals surface area (Å²) in [5, 5.41) is 13.7. The molecule has 0 saturated heterocycles. The maximum atomic E-state index is 12.3. The quantitative estimate of drug-likeness (QED) is 0.843. The minimum Gasteiger partial charge on any atom is -0.391 e. The summed E-state index contributed by atoms with van der Waals surface area (Å²) in [6.07, 6.45) is 4.96. The fraction of sp³-hybridized carbons (Fsp3) is 0.625. The van der Waals surface area contributed by atoms with Gasteiger partial charge in [-0.05, 0) is 25.0 Å². The highest BCUT2D eigenvalue weighted by Gasteiger charge is 2.25. The monoisotopic (exact) mass is 308 g/mol. The maximum Gasteiger partial charge on any atom is 0.251 e. The van der Waals surface area contributed by atoms with Crippen LogP contribution < -0.4 is 5.32 Å². The minimum absolute atomic E-state index is 0.0572. The first-order valence-electron chi connectivity index (χ1n) is 7.49. The first-order chi connectivity index (χ1) is 9.85. The summed E-state index contributed by atoms with van der Waals surface area (Å²) in [6.45, 7) is 6.35. The van der Waals surface area contributed by atoms with Gasteiger partial charge < -0.3 is 10.4 Å². The number of thioether (sulfide) groups is 1. The highest BCUT2D eigenvalue weighted by Crippen LogP contribution is 2.30. The SMILES string of the molecule is CC(C)(C)Sc1cc(C(=O)NC2CCCCC2O)ccn1. The number of pyridine rings is 1. The zero-order valence-electron chi connectivity index (χ0n) is 12.9. The smallest absolute Gasteiger partial charge is 0.251 e. The van der Waals surface area contributed by atoms with E-state index in [1.165, 1.54) is 0 Å². The molecule has 21 heavy (non-hydrogen) atoms. The zero-order chi connectivity index (χ0) is 15.5. The Morgan fingerprint density at radius 1 is 1.38 bits per heavy atom. The predicted molar refractivity (Wildman–Crippen MR) is 85.6 cm³/mol. The second-order valence-corrected chi connectivity index (χ2v) is 8.38. The molecule has 1 aromatic rings. The predicted octanol–water partition coefficient (Wildman–Crippen LogP) is 3.01. The van der Waals surface area contributed by atoms with Crippen molar-refractivity contribution in [2.75, 3.05) is 0 Å². The molecule has 1 aliphatic carbocycles. The number of hydrogen-bond donors (Lipinski definition) is 2. The lowest BCUT2D eigenvalue weighted by Gasteiger charge is -2.28. The van der Waals surface area contributed by atoms with E-state index in [-0.39, 0.29) is 16.7 Å². The third-order valence-corrected chi connectivity index (χ3v) is 4.50. The number of aliphatic hydroxyl groups excluding tert-OH is 1. The number of aromatic nitrogens is 1. The van der Waals surface area contributed by atoms with Gasteiger partial charge in [0.05, 0.1) is 17.2 Å². The molecular formula is C16H24N2O2S. The molecule has 1 aromatic heterocycles. The first kappa shape index (κ1) is 16.3. The Bertz CT molecular complexity index is 499. The van der Waals surface area contributed by atoms with Crippen molar-refractivity contribution >= 4 is 17.7 Å². The Morgan fingerprint density at radius 2 is 2.10 bits per heavy atom. The summed E-state index contributed by atoms with van der Waals surface area (Å²) in [6, 6.07) is 3.41. The fourth-order valence-electron chi connectivity index (χ4n) is 2.45. The van der Waals surface area contributed by atoms with Crippen LogP contribution in [0.3, 0.4) is 0 Å². The third kappa shape index (κ3) is 5.00. The van der Waals surface area contributed by atoms with Gasteiger partial charge in [0.15, 0.2) is 0 Å². The maximum absolute atomic E-state index is 12.3. The Hall–Kier alpha value is -1.07. The molecule has 0 bridgehead atoms.